The number of alkyl carbamates (subject to hydrolysis) is 2. The maximum absolute atomic E-state index is 16.9. The van der Waals surface area contributed by atoms with Crippen molar-refractivity contribution in [3.05, 3.63) is 124 Å². The van der Waals surface area contributed by atoms with E-state index in [-0.39, 0.29) is 40.8 Å². The highest BCUT2D eigenvalue weighted by atomic mass is 31.2. The number of amides is 4. The summed E-state index contributed by atoms with van der Waals surface area (Å²) in [4.78, 5) is 133. The van der Waals surface area contributed by atoms with Gasteiger partial charge in [-0.1, -0.05) is 50.0 Å². The number of likely N-dealkylation sites (tertiary alicyclic amines) is 1. The highest BCUT2D eigenvalue weighted by molar-refractivity contribution is 7.46. The Labute approximate surface area is 618 Å². The van der Waals surface area contributed by atoms with Crippen LogP contribution in [0.1, 0.15) is 120 Å². The number of benzene rings is 3. The van der Waals surface area contributed by atoms with Crippen molar-refractivity contribution in [2.24, 2.45) is 16.7 Å². The minimum Gasteiger partial charge on any atom is -0.480 e. The van der Waals surface area contributed by atoms with Gasteiger partial charge >= 0.3 is 50.8 Å². The molecule has 38 heteroatoms. The Kier molecular flexibility index (Phi) is 25.9. The zero-order valence-electron chi connectivity index (χ0n) is 60.3. The number of Topliss-reactive ketones (excluding diaryl/α,β-unsaturated/α-hetero) is 1. The second-order valence-corrected chi connectivity index (χ2v) is 30.0. The van der Waals surface area contributed by atoms with Gasteiger partial charge < -0.3 is 49.0 Å². The summed E-state index contributed by atoms with van der Waals surface area (Å²) in [5.74, 6) is -5.95. The number of ketones is 1. The van der Waals surface area contributed by atoms with Crippen molar-refractivity contribution in [2.75, 3.05) is 58.5 Å². The number of anilines is 1. The molecule has 27 nitrogen and oxygen atoms in total. The number of carbonyl (C=O) groups excluding carboxylic acids is 6. The Morgan fingerprint density at radius 2 is 1.37 bits per heavy atom. The van der Waals surface area contributed by atoms with Gasteiger partial charge in [0.15, 0.2) is 5.78 Å². The number of fused-ring (bicyclic) bond motifs is 2. The Hall–Kier alpha value is -9.47. The highest BCUT2D eigenvalue weighted by Crippen LogP contribution is 2.47. The number of phosphoric acid groups is 1. The van der Waals surface area contributed by atoms with Crippen molar-refractivity contribution >= 4 is 55.5 Å². The Morgan fingerprint density at radius 3 is 1.91 bits per heavy atom. The summed E-state index contributed by atoms with van der Waals surface area (Å²) in [5.41, 5.74) is -7.72. The van der Waals surface area contributed by atoms with E-state index in [1.54, 1.807) is 5.32 Å². The molecule has 4 amide bonds. The molecule has 4 aliphatic rings. The summed E-state index contributed by atoms with van der Waals surface area (Å²) in [6.45, 7) is 1.57. The van der Waals surface area contributed by atoms with Crippen molar-refractivity contribution in [1.29, 1.82) is 0 Å². The lowest BCUT2D eigenvalue weighted by Gasteiger charge is -2.47. The highest BCUT2D eigenvalue weighted by Gasteiger charge is 2.58. The molecule has 3 aromatic carbocycles. The number of hydrazine groups is 1. The molecule has 592 valence electrons. The molecular formula is C71H82F10N11O16P. The third-order valence-electron chi connectivity index (χ3n) is 20.0. The van der Waals surface area contributed by atoms with Crippen LogP contribution in [0.3, 0.4) is 0 Å². The van der Waals surface area contributed by atoms with E-state index in [1.807, 2.05) is 5.32 Å². The number of nitrogens with zero attached hydrogens (tertiary/aromatic N) is 8. The lowest BCUT2D eigenvalue weighted by atomic mass is 9.77. The summed E-state index contributed by atoms with van der Waals surface area (Å²) in [6, 6.07) is 5.92. The van der Waals surface area contributed by atoms with Gasteiger partial charge in [-0.2, -0.15) is 40.2 Å². The molecule has 4 saturated heterocycles. The van der Waals surface area contributed by atoms with Crippen LogP contribution in [0.15, 0.2) is 79.3 Å². The normalized spacial score (nSPS) is 18.4. The van der Waals surface area contributed by atoms with Crippen LogP contribution in [0.5, 0.6) is 5.75 Å². The van der Waals surface area contributed by atoms with Gasteiger partial charge in [-0.25, -0.2) is 47.4 Å². The first-order chi connectivity index (χ1) is 51.0. The fourth-order valence-corrected chi connectivity index (χ4v) is 14.4. The first-order valence-corrected chi connectivity index (χ1v) is 35.9. The minimum absolute atomic E-state index is 0.0158. The zero-order valence-corrected chi connectivity index (χ0v) is 61.2. The number of esters is 1. The standard InChI is InChI=1S/C71H82F10N11O16P/c1-67(2,58-42(11-9-13-54(58)108-109(101,102)103)29-56(94)90-23-10-12-52(90)62(97)98)30-57(95)107-55(36-89(87-61(96)60(85-66(100)105-8)69(5,6)71(79,80)81)35-48-49(72)26-43(27-50(48)73)51-22-24-91(86-51)63(74)75)44(28-53(93)59(84-65(99)104-7)68(3,4)70(76,77)78)25-40-17-14-39(15-18-40)16-19-41-31-82-64(83-32-41)88-33-45-20-21-46(34-88)92(45)47-37-106-38-47/h9,11,13-15,17-18,22,24,26-27,31-32,44-47,52,55,59-60,63H,10,12,20-21,23,25,28-30,33-38H2,1-8H3,(H,84,99)(H,85,100)(H,87,96)(H,97,98)(H2,101,102,103)/t44-,45?,46?,52+,55+,59-,60-/m1/s1. The summed E-state index contributed by atoms with van der Waals surface area (Å²) in [6.07, 6.45) is -13.4. The molecule has 6 heterocycles. The molecule has 2 aromatic heterocycles. The van der Waals surface area contributed by atoms with Crippen LogP contribution in [0.25, 0.3) is 11.3 Å². The average Bonchev–Trinajstić information content (AvgIpc) is 1.40. The van der Waals surface area contributed by atoms with Crippen molar-refractivity contribution in [2.45, 2.75) is 166 Å². The van der Waals surface area contributed by atoms with Gasteiger partial charge in [0.1, 0.15) is 41.6 Å². The number of carboxylic acid groups (broad SMARTS) is 1. The Morgan fingerprint density at radius 1 is 0.780 bits per heavy atom. The molecule has 5 aromatic rings. The van der Waals surface area contributed by atoms with Crippen molar-refractivity contribution in [3.8, 4) is 28.8 Å². The summed E-state index contributed by atoms with van der Waals surface area (Å²) < 4.78 is 191. The maximum atomic E-state index is 16.9. The second-order valence-electron chi connectivity index (χ2n) is 28.8. The number of ether oxygens (including phenoxy) is 4. The number of hydrogen-bond acceptors (Lipinski definition) is 19. The van der Waals surface area contributed by atoms with Gasteiger partial charge in [0.25, 0.3) is 5.91 Å². The number of carboxylic acids is 1. The van der Waals surface area contributed by atoms with Crippen LogP contribution in [0, 0.1) is 40.2 Å². The largest absolute Gasteiger partial charge is 0.524 e. The number of rotatable bonds is 29. The summed E-state index contributed by atoms with van der Waals surface area (Å²) in [7, 11) is -4.05. The van der Waals surface area contributed by atoms with Crippen LogP contribution in [0.4, 0.5) is 59.4 Å². The SMILES string of the molecule is COC(=O)N[C@H](C(=O)C[C@@H](Cc1ccc(C#Cc2cnc(N3CC4CCC(C3)N4C3COC3)nc2)cc1)[C@H](CN(Cc1c(F)cc(-c2ccn(C(F)F)n2)cc1F)NC(=O)[C@@H](NC(=O)OC)C(C)(C)C(F)(F)F)OC(=O)CC(C)(C)c1c(CC(=O)N2CCC[C@H]2C(=O)O)cccc1OP(=O)(O)O)C(C)(C)C(F)(F)F. The van der Waals surface area contributed by atoms with Crippen molar-refractivity contribution < 1.29 is 120 Å². The molecule has 0 saturated carbocycles. The molecule has 0 radical (unpaired) electrons. The van der Waals surface area contributed by atoms with Crippen LogP contribution in [-0.2, 0) is 72.3 Å². The van der Waals surface area contributed by atoms with Gasteiger partial charge in [-0.15, -0.1) is 0 Å². The number of hydrogen-bond donors (Lipinski definition) is 6. The molecule has 7 atom stereocenters. The molecule has 6 N–H and O–H groups in total. The van der Waals surface area contributed by atoms with Crippen molar-refractivity contribution in [1.82, 2.24) is 50.6 Å². The first kappa shape index (κ1) is 83.6. The van der Waals surface area contributed by atoms with Gasteiger partial charge in [-0.3, -0.25) is 39.3 Å². The average molecular weight is 1570 g/mol. The van der Waals surface area contributed by atoms with Gasteiger partial charge in [0, 0.05) is 96.9 Å². The van der Waals surface area contributed by atoms with Crippen LogP contribution < -0.4 is 25.5 Å². The number of phosphoric ester groups is 1. The van der Waals surface area contributed by atoms with E-state index >= 15 is 44.7 Å². The lowest BCUT2D eigenvalue weighted by Crippen LogP contribution is -2.62. The third kappa shape index (κ3) is 20.1. The number of carbonyl (C=O) groups is 7. The molecule has 109 heavy (non-hydrogen) atoms. The second kappa shape index (κ2) is 33.8. The number of aliphatic carboxylic acids is 1. The zero-order chi connectivity index (χ0) is 80.0. The third-order valence-corrected chi connectivity index (χ3v) is 20.5. The first-order valence-electron chi connectivity index (χ1n) is 34.3. The molecule has 9 rings (SSSR count). The van der Waals surface area contributed by atoms with E-state index in [2.05, 4.69) is 51.6 Å². The molecule has 4 fully saturated rings. The van der Waals surface area contributed by atoms with Crippen LogP contribution in [-0.4, -0.2) is 199 Å². The topological polar surface area (TPSA) is 336 Å². The number of nitrogens with one attached hydrogen (secondary N) is 3. The van der Waals surface area contributed by atoms with E-state index in [9.17, 15) is 52.2 Å². The number of halogens is 10. The van der Waals surface area contributed by atoms with Gasteiger partial charge in [-0.05, 0) is 107 Å². The molecule has 2 unspecified atom stereocenters. The predicted molar refractivity (Wildman–Crippen MR) is 365 cm³/mol. The van der Waals surface area contributed by atoms with Gasteiger partial charge in [0.2, 0.25) is 11.9 Å². The molecule has 0 spiro atoms. The van der Waals surface area contributed by atoms with Gasteiger partial charge in [0.05, 0.1) is 74.9 Å². The monoisotopic (exact) mass is 1570 g/mol. The summed E-state index contributed by atoms with van der Waals surface area (Å²) in [5, 5.41) is 17.8. The molecular weight excluding hydrogens is 1480 g/mol. The number of alkyl halides is 8. The lowest BCUT2D eigenvalue weighted by molar-refractivity contribution is -0.221. The van der Waals surface area contributed by atoms with Crippen LogP contribution >= 0.6 is 7.82 Å². The smallest absolute Gasteiger partial charge is 0.480 e. The van der Waals surface area contributed by atoms with E-state index in [0.717, 1.165) is 50.3 Å². The molecule has 0 aliphatic carbocycles. The van der Waals surface area contributed by atoms with E-state index in [1.165, 1.54) is 62.6 Å². The van der Waals surface area contributed by atoms with E-state index in [0.29, 0.717) is 106 Å². The number of piperazine rings is 1. The molecule has 4 aliphatic heterocycles. The van der Waals surface area contributed by atoms with E-state index in [4.69, 9.17) is 14.0 Å². The van der Waals surface area contributed by atoms with E-state index < -0.39 is 188 Å². The predicted octanol–water partition coefficient (Wildman–Crippen LogP) is 9.11. The fourth-order valence-electron chi connectivity index (χ4n) is 13.9. The van der Waals surface area contributed by atoms with Crippen molar-refractivity contribution in [3.63, 3.8) is 0 Å². The maximum Gasteiger partial charge on any atom is 0.524 e. The quantitative estimate of drug-likeness (QED) is 0.00649. The Bertz CT molecular complexity index is 4240. The number of methoxy groups -OCH3 is 2. The molecule has 2 bridgehead atoms. The Balaban J connectivity index is 1.16. The minimum atomic E-state index is -5.56. The fraction of sp³-hybridized carbons (Fsp3) is 0.521. The number of aromatic nitrogens is 4. The van der Waals surface area contributed by atoms with Crippen LogP contribution in [0.2, 0.25) is 0 Å². The summed E-state index contributed by atoms with van der Waals surface area (Å²) >= 11 is 0.